The molecule has 0 fully saturated rings. The van der Waals surface area contributed by atoms with Crippen LogP contribution in [0.15, 0.2) is 0 Å². The molecule has 0 aliphatic heterocycles. The monoisotopic (exact) mass is 259 g/mol. The number of aliphatic hydroxyl groups is 1. The van der Waals surface area contributed by atoms with Crippen molar-refractivity contribution >= 4 is 11.6 Å². The fraction of sp³-hybridized carbons (Fsp3) is 0.750. The van der Waals surface area contributed by atoms with E-state index < -0.39 is 5.60 Å². The Morgan fingerprint density at radius 1 is 1.53 bits per heavy atom. The zero-order valence-corrected chi connectivity index (χ0v) is 11.8. The van der Waals surface area contributed by atoms with Gasteiger partial charge in [-0.3, -0.25) is 4.68 Å². The van der Waals surface area contributed by atoms with E-state index in [2.05, 4.69) is 17.3 Å². The molecular weight excluding hydrogens is 238 g/mol. The number of hydrogen-bond acceptors (Lipinski definition) is 3. The van der Waals surface area contributed by atoms with Gasteiger partial charge in [-0.1, -0.05) is 18.5 Å². The topological polar surface area (TPSA) is 50.1 Å². The van der Waals surface area contributed by atoms with Gasteiger partial charge in [-0.2, -0.15) is 5.10 Å². The maximum absolute atomic E-state index is 10.3. The average molecular weight is 260 g/mol. The number of nitrogens with one attached hydrogen (secondary N) is 1. The highest BCUT2D eigenvalue weighted by molar-refractivity contribution is 6.31. The third-order valence-electron chi connectivity index (χ3n) is 2.74. The second-order valence-corrected chi connectivity index (χ2v) is 5.20. The van der Waals surface area contributed by atoms with E-state index in [1.54, 1.807) is 4.68 Å². The summed E-state index contributed by atoms with van der Waals surface area (Å²) in [6.07, 6.45) is 1.56. The summed E-state index contributed by atoms with van der Waals surface area (Å²) < 4.78 is 1.74. The van der Waals surface area contributed by atoms with E-state index in [1.807, 2.05) is 20.9 Å². The van der Waals surface area contributed by atoms with Crippen molar-refractivity contribution < 1.29 is 5.11 Å². The molecule has 1 unspecified atom stereocenters. The molecule has 0 aliphatic rings. The Morgan fingerprint density at radius 3 is 2.65 bits per heavy atom. The van der Waals surface area contributed by atoms with Gasteiger partial charge in [0.1, 0.15) is 0 Å². The van der Waals surface area contributed by atoms with Crippen LogP contribution >= 0.6 is 11.6 Å². The van der Waals surface area contributed by atoms with Gasteiger partial charge < -0.3 is 10.4 Å². The van der Waals surface area contributed by atoms with Crippen molar-refractivity contribution in [3.05, 3.63) is 16.4 Å². The van der Waals surface area contributed by atoms with Gasteiger partial charge in [0.05, 0.1) is 22.0 Å². The quantitative estimate of drug-likeness (QED) is 0.765. The molecule has 0 saturated carbocycles. The van der Waals surface area contributed by atoms with Crippen molar-refractivity contribution in [3.63, 3.8) is 0 Å². The second kappa shape index (κ2) is 5.85. The lowest BCUT2D eigenvalue weighted by atomic mass is 10.00. The van der Waals surface area contributed by atoms with Crippen molar-refractivity contribution in [3.8, 4) is 0 Å². The molecule has 1 aromatic heterocycles. The van der Waals surface area contributed by atoms with Crippen molar-refractivity contribution in [2.75, 3.05) is 13.1 Å². The number of rotatable bonds is 6. The number of aryl methyl sites for hydroxylation is 2. The fourth-order valence-electron chi connectivity index (χ4n) is 1.83. The third kappa shape index (κ3) is 3.98. The average Bonchev–Trinajstić information content (AvgIpc) is 2.45. The molecule has 17 heavy (non-hydrogen) atoms. The molecule has 0 aromatic carbocycles. The summed E-state index contributed by atoms with van der Waals surface area (Å²) in [5.74, 6) is 0. The molecule has 1 rings (SSSR count). The molecule has 0 aliphatic carbocycles. The van der Waals surface area contributed by atoms with Gasteiger partial charge in [0.25, 0.3) is 0 Å². The van der Waals surface area contributed by atoms with Crippen LogP contribution in [0.1, 0.15) is 31.7 Å². The van der Waals surface area contributed by atoms with Crippen LogP contribution in [0.25, 0.3) is 0 Å². The Hall–Kier alpha value is -0.580. The molecule has 5 heteroatoms. The van der Waals surface area contributed by atoms with Crippen molar-refractivity contribution in [1.29, 1.82) is 0 Å². The molecule has 98 valence electrons. The number of nitrogens with zero attached hydrogens (tertiary/aromatic N) is 2. The predicted octanol–water partition coefficient (Wildman–Crippen LogP) is 1.68. The summed E-state index contributed by atoms with van der Waals surface area (Å²) in [4.78, 5) is 0. The van der Waals surface area contributed by atoms with Gasteiger partial charge >= 0.3 is 0 Å². The smallest absolute Gasteiger partial charge is 0.0848 e. The first kappa shape index (κ1) is 14.5. The van der Waals surface area contributed by atoms with Crippen molar-refractivity contribution in [1.82, 2.24) is 15.1 Å². The van der Waals surface area contributed by atoms with Crippen LogP contribution in [0, 0.1) is 6.92 Å². The number of halogens is 1. The standard InChI is InChI=1S/C12H22ClN3O/c1-5-6-14-8-12(3,17)7-10-11(13)9(2)15-16(10)4/h14,17H,5-8H2,1-4H3. The molecule has 0 saturated heterocycles. The van der Waals surface area contributed by atoms with E-state index in [0.29, 0.717) is 18.0 Å². The van der Waals surface area contributed by atoms with Gasteiger partial charge in [-0.25, -0.2) is 0 Å². The van der Waals surface area contributed by atoms with Crippen LogP contribution in [-0.2, 0) is 13.5 Å². The molecule has 0 bridgehead atoms. The molecule has 0 spiro atoms. The highest BCUT2D eigenvalue weighted by atomic mass is 35.5. The third-order valence-corrected chi connectivity index (χ3v) is 3.23. The van der Waals surface area contributed by atoms with Gasteiger partial charge in [0.2, 0.25) is 0 Å². The zero-order chi connectivity index (χ0) is 13.1. The lowest BCUT2D eigenvalue weighted by Gasteiger charge is -2.24. The summed E-state index contributed by atoms with van der Waals surface area (Å²) in [7, 11) is 1.85. The molecule has 1 aromatic rings. The first-order chi connectivity index (χ1) is 7.87. The maximum atomic E-state index is 10.3. The van der Waals surface area contributed by atoms with E-state index in [9.17, 15) is 5.11 Å². The minimum atomic E-state index is -0.807. The Balaban J connectivity index is 2.68. The molecule has 4 nitrogen and oxygen atoms in total. The molecule has 2 N–H and O–H groups in total. The van der Waals surface area contributed by atoms with Crippen LogP contribution < -0.4 is 5.32 Å². The number of aromatic nitrogens is 2. The van der Waals surface area contributed by atoms with Crippen molar-refractivity contribution in [2.45, 2.75) is 39.2 Å². The van der Waals surface area contributed by atoms with E-state index in [0.717, 1.165) is 24.4 Å². The van der Waals surface area contributed by atoms with Gasteiger partial charge in [-0.05, 0) is 26.8 Å². The van der Waals surface area contributed by atoms with Crippen LogP contribution in [-0.4, -0.2) is 33.6 Å². The second-order valence-electron chi connectivity index (χ2n) is 4.82. The van der Waals surface area contributed by atoms with Crippen molar-refractivity contribution in [2.24, 2.45) is 7.05 Å². The molecule has 1 atom stereocenters. The fourth-order valence-corrected chi connectivity index (χ4v) is 2.06. The predicted molar refractivity (Wildman–Crippen MR) is 70.4 cm³/mol. The lowest BCUT2D eigenvalue weighted by Crippen LogP contribution is -2.40. The summed E-state index contributed by atoms with van der Waals surface area (Å²) in [5.41, 5.74) is 0.882. The zero-order valence-electron chi connectivity index (χ0n) is 11.0. The summed E-state index contributed by atoms with van der Waals surface area (Å²) in [5, 5.41) is 18.4. The van der Waals surface area contributed by atoms with E-state index >= 15 is 0 Å². The lowest BCUT2D eigenvalue weighted by molar-refractivity contribution is 0.0585. The first-order valence-electron chi connectivity index (χ1n) is 5.98. The highest BCUT2D eigenvalue weighted by Crippen LogP contribution is 2.23. The highest BCUT2D eigenvalue weighted by Gasteiger charge is 2.24. The maximum Gasteiger partial charge on any atom is 0.0848 e. The molecule has 1 heterocycles. The van der Waals surface area contributed by atoms with Crippen LogP contribution in [0.4, 0.5) is 0 Å². The van der Waals surface area contributed by atoms with Crippen LogP contribution in [0.2, 0.25) is 5.02 Å². The summed E-state index contributed by atoms with van der Waals surface area (Å²) in [6.45, 7) is 7.25. The van der Waals surface area contributed by atoms with Crippen LogP contribution in [0.5, 0.6) is 0 Å². The Labute approximate surface area is 108 Å². The van der Waals surface area contributed by atoms with Gasteiger partial charge in [-0.15, -0.1) is 0 Å². The summed E-state index contributed by atoms with van der Waals surface area (Å²) in [6, 6.07) is 0. The Bertz CT molecular complexity index is 374. The first-order valence-corrected chi connectivity index (χ1v) is 6.36. The Kier molecular flexibility index (Phi) is 4.98. The Morgan fingerprint density at radius 2 is 2.18 bits per heavy atom. The minimum absolute atomic E-state index is 0.500. The number of hydrogen-bond donors (Lipinski definition) is 2. The van der Waals surface area contributed by atoms with E-state index in [1.165, 1.54) is 0 Å². The minimum Gasteiger partial charge on any atom is -0.388 e. The largest absolute Gasteiger partial charge is 0.388 e. The molecular formula is C12H22ClN3O. The molecule has 0 amide bonds. The summed E-state index contributed by atoms with van der Waals surface area (Å²) >= 11 is 6.17. The van der Waals surface area contributed by atoms with Crippen LogP contribution in [0.3, 0.4) is 0 Å². The normalized spacial score (nSPS) is 14.9. The van der Waals surface area contributed by atoms with E-state index in [4.69, 9.17) is 11.6 Å². The van der Waals surface area contributed by atoms with Gasteiger partial charge in [0.15, 0.2) is 0 Å². The SMILES string of the molecule is CCCNCC(C)(O)Cc1c(Cl)c(C)nn1C. The van der Waals surface area contributed by atoms with E-state index in [-0.39, 0.29) is 0 Å². The van der Waals surface area contributed by atoms with Gasteiger partial charge in [0, 0.05) is 20.0 Å². The molecule has 0 radical (unpaired) electrons.